The van der Waals surface area contributed by atoms with Crippen LogP contribution in [0.25, 0.3) is 0 Å². The minimum Gasteiger partial charge on any atom is -0.389 e. The normalized spacial score (nSPS) is 18.3. The lowest BCUT2D eigenvalue weighted by atomic mass is 10.1. The number of aliphatic hydroxyl groups is 1. The molecule has 0 radical (unpaired) electrons. The first-order chi connectivity index (χ1) is 8.70. The molecule has 2 rings (SSSR count). The number of rotatable bonds is 3. The predicted octanol–water partition coefficient (Wildman–Crippen LogP) is 2.88. The molecule has 1 saturated heterocycles. The number of thioether (sulfide) groups is 1. The van der Waals surface area contributed by atoms with Gasteiger partial charge in [0, 0.05) is 23.4 Å². The van der Waals surface area contributed by atoms with E-state index in [1.165, 1.54) is 0 Å². The summed E-state index contributed by atoms with van der Waals surface area (Å²) in [4.78, 5) is 1.02. The fourth-order valence-corrected chi connectivity index (χ4v) is 3.38. The Balaban J connectivity index is 2.20. The molecule has 0 amide bonds. The Morgan fingerprint density at radius 3 is 2.78 bits per heavy atom. The number of benzene rings is 1. The highest BCUT2D eigenvalue weighted by atomic mass is 32.2. The van der Waals surface area contributed by atoms with Crippen LogP contribution in [0.4, 0.5) is 0 Å². The Morgan fingerprint density at radius 2 is 2.17 bits per heavy atom. The van der Waals surface area contributed by atoms with Crippen molar-refractivity contribution in [3.05, 3.63) is 29.3 Å². The van der Waals surface area contributed by atoms with Crippen molar-refractivity contribution in [2.45, 2.75) is 36.0 Å². The van der Waals surface area contributed by atoms with Crippen molar-refractivity contribution >= 4 is 11.8 Å². The summed E-state index contributed by atoms with van der Waals surface area (Å²) in [6.07, 6.45) is 1.56. The van der Waals surface area contributed by atoms with Gasteiger partial charge in [0.2, 0.25) is 0 Å². The number of nitrogens with zero attached hydrogens (tertiary/aromatic N) is 1. The molecule has 1 aliphatic heterocycles. The molecule has 0 aliphatic carbocycles. The number of aliphatic hydroxyl groups excluding tert-OH is 1. The third-order valence-electron chi connectivity index (χ3n) is 3.05. The summed E-state index contributed by atoms with van der Waals surface area (Å²) in [5, 5.41) is 19.3. The van der Waals surface area contributed by atoms with E-state index in [1.54, 1.807) is 24.8 Å². The molecule has 1 atom stereocenters. The quantitative estimate of drug-likeness (QED) is 0.911. The zero-order chi connectivity index (χ0) is 13.0. The van der Waals surface area contributed by atoms with Crippen LogP contribution < -0.4 is 0 Å². The average Bonchev–Trinajstić information content (AvgIpc) is 2.39. The third kappa shape index (κ3) is 3.26. The van der Waals surface area contributed by atoms with E-state index in [0.29, 0.717) is 10.8 Å². The van der Waals surface area contributed by atoms with Gasteiger partial charge in [-0.1, -0.05) is 6.07 Å². The third-order valence-corrected chi connectivity index (χ3v) is 4.47. The fraction of sp³-hybridized carbons (Fsp3) is 0.500. The highest BCUT2D eigenvalue weighted by Gasteiger charge is 2.18. The highest BCUT2D eigenvalue weighted by Crippen LogP contribution is 2.35. The smallest absolute Gasteiger partial charge is 0.0992 e. The summed E-state index contributed by atoms with van der Waals surface area (Å²) in [5.74, 6) is 0. The van der Waals surface area contributed by atoms with E-state index >= 15 is 0 Å². The number of hydrogen-bond acceptors (Lipinski definition) is 4. The molecule has 18 heavy (non-hydrogen) atoms. The van der Waals surface area contributed by atoms with Gasteiger partial charge >= 0.3 is 0 Å². The molecule has 0 spiro atoms. The zero-order valence-electron chi connectivity index (χ0n) is 10.4. The van der Waals surface area contributed by atoms with Crippen molar-refractivity contribution in [2.75, 3.05) is 13.2 Å². The molecule has 1 aliphatic rings. The minimum absolute atomic E-state index is 0.500. The number of hydrogen-bond donors (Lipinski definition) is 1. The Bertz CT molecular complexity index is 448. The lowest BCUT2D eigenvalue weighted by molar-refractivity contribution is 0.1000. The molecule has 4 heteroatoms. The van der Waals surface area contributed by atoms with Crippen LogP contribution in [0, 0.1) is 11.3 Å². The van der Waals surface area contributed by atoms with Gasteiger partial charge in [0.1, 0.15) is 0 Å². The van der Waals surface area contributed by atoms with Crippen LogP contribution in [-0.2, 0) is 4.74 Å². The molecule has 3 nitrogen and oxygen atoms in total. The second-order valence-corrected chi connectivity index (χ2v) is 5.81. The van der Waals surface area contributed by atoms with E-state index in [0.717, 1.165) is 36.5 Å². The topological polar surface area (TPSA) is 53.2 Å². The van der Waals surface area contributed by atoms with E-state index in [-0.39, 0.29) is 0 Å². The Labute approximate surface area is 112 Å². The number of ether oxygens (including phenoxy) is 1. The molecule has 96 valence electrons. The number of nitriles is 1. The molecule has 1 N–H and O–H groups in total. The van der Waals surface area contributed by atoms with Gasteiger partial charge in [-0.3, -0.25) is 0 Å². The molecular formula is C14H17NO2S. The molecule has 1 unspecified atom stereocenters. The van der Waals surface area contributed by atoms with E-state index < -0.39 is 6.10 Å². The van der Waals surface area contributed by atoms with Crippen LogP contribution in [0.1, 0.15) is 37.0 Å². The van der Waals surface area contributed by atoms with Crippen molar-refractivity contribution in [1.29, 1.82) is 5.26 Å². The van der Waals surface area contributed by atoms with Gasteiger partial charge in [0.25, 0.3) is 0 Å². The standard InChI is InChI=1S/C14H17NO2S/c1-10(16)13-3-2-11(9-15)8-14(13)18-12-4-6-17-7-5-12/h2-3,8,10,12,16H,4-7H2,1H3. The molecule has 0 bridgehead atoms. The first-order valence-electron chi connectivity index (χ1n) is 6.17. The molecule has 0 saturated carbocycles. The van der Waals surface area contributed by atoms with Gasteiger partial charge in [0.05, 0.1) is 17.7 Å². The second-order valence-electron chi connectivity index (χ2n) is 4.47. The molecular weight excluding hydrogens is 246 g/mol. The summed E-state index contributed by atoms with van der Waals surface area (Å²) < 4.78 is 5.34. The zero-order valence-corrected chi connectivity index (χ0v) is 11.2. The largest absolute Gasteiger partial charge is 0.389 e. The highest BCUT2D eigenvalue weighted by molar-refractivity contribution is 8.00. The van der Waals surface area contributed by atoms with Crippen LogP contribution in [0.15, 0.2) is 23.1 Å². The van der Waals surface area contributed by atoms with Crippen molar-refractivity contribution in [3.8, 4) is 6.07 Å². The van der Waals surface area contributed by atoms with Gasteiger partial charge in [-0.2, -0.15) is 5.26 Å². The monoisotopic (exact) mass is 263 g/mol. The predicted molar refractivity (Wildman–Crippen MR) is 71.5 cm³/mol. The second kappa shape index (κ2) is 6.24. The van der Waals surface area contributed by atoms with Crippen LogP contribution in [-0.4, -0.2) is 23.6 Å². The summed E-state index contributed by atoms with van der Waals surface area (Å²) in [6, 6.07) is 7.64. The maximum absolute atomic E-state index is 9.78. The minimum atomic E-state index is -0.500. The van der Waals surface area contributed by atoms with Gasteiger partial charge in [-0.15, -0.1) is 11.8 Å². The van der Waals surface area contributed by atoms with Crippen LogP contribution in [0.3, 0.4) is 0 Å². The lowest BCUT2D eigenvalue weighted by Gasteiger charge is -2.23. The average molecular weight is 263 g/mol. The first kappa shape index (κ1) is 13.4. The van der Waals surface area contributed by atoms with Gasteiger partial charge in [-0.05, 0) is 37.5 Å². The van der Waals surface area contributed by atoms with Crippen molar-refractivity contribution in [1.82, 2.24) is 0 Å². The van der Waals surface area contributed by atoms with Crippen molar-refractivity contribution in [3.63, 3.8) is 0 Å². The van der Waals surface area contributed by atoms with Crippen LogP contribution in [0.2, 0.25) is 0 Å². The molecule has 0 aromatic heterocycles. The summed E-state index contributed by atoms with van der Waals surface area (Å²) in [6.45, 7) is 3.37. The SMILES string of the molecule is CC(O)c1ccc(C#N)cc1SC1CCOCC1. The summed E-state index contributed by atoms with van der Waals surface area (Å²) >= 11 is 1.76. The maximum atomic E-state index is 9.78. The molecule has 1 aromatic carbocycles. The summed E-state index contributed by atoms with van der Waals surface area (Å²) in [5.41, 5.74) is 1.56. The summed E-state index contributed by atoms with van der Waals surface area (Å²) in [7, 11) is 0. The Hall–Kier alpha value is -1.02. The fourth-order valence-electron chi connectivity index (χ4n) is 2.02. The Morgan fingerprint density at radius 1 is 1.44 bits per heavy atom. The van der Waals surface area contributed by atoms with Crippen LogP contribution >= 0.6 is 11.8 Å². The van der Waals surface area contributed by atoms with E-state index in [1.807, 2.05) is 12.1 Å². The molecule has 1 heterocycles. The lowest BCUT2D eigenvalue weighted by Crippen LogP contribution is -2.17. The molecule has 1 fully saturated rings. The van der Waals surface area contributed by atoms with Gasteiger partial charge in [0.15, 0.2) is 0 Å². The first-order valence-corrected chi connectivity index (χ1v) is 7.05. The van der Waals surface area contributed by atoms with E-state index in [4.69, 9.17) is 10.00 Å². The van der Waals surface area contributed by atoms with Crippen molar-refractivity contribution in [2.24, 2.45) is 0 Å². The van der Waals surface area contributed by atoms with E-state index in [2.05, 4.69) is 6.07 Å². The maximum Gasteiger partial charge on any atom is 0.0992 e. The Kier molecular flexibility index (Phi) is 4.65. The van der Waals surface area contributed by atoms with E-state index in [9.17, 15) is 5.11 Å². The van der Waals surface area contributed by atoms with Crippen molar-refractivity contribution < 1.29 is 9.84 Å². The van der Waals surface area contributed by atoms with Gasteiger partial charge < -0.3 is 9.84 Å². The van der Waals surface area contributed by atoms with Crippen LogP contribution in [0.5, 0.6) is 0 Å². The molecule has 1 aromatic rings. The van der Waals surface area contributed by atoms with Gasteiger partial charge in [-0.25, -0.2) is 0 Å².